The van der Waals surface area contributed by atoms with Gasteiger partial charge >= 0.3 is 12.0 Å². The minimum absolute atomic E-state index is 0.141. The average Bonchev–Trinajstić information content (AvgIpc) is 2.46. The Morgan fingerprint density at radius 2 is 1.94 bits per heavy atom. The standard InChI is InChI=1S/C13H24N2O3/c1-4-14(10-11(16)17)12(18)15-8-5-6-13(2,3)7-9-15/h4-10H2,1-3H3,(H,16,17). The zero-order chi connectivity index (χ0) is 13.8. The maximum atomic E-state index is 12.2. The molecule has 0 saturated carbocycles. The first-order valence-electron chi connectivity index (χ1n) is 6.61. The van der Waals surface area contributed by atoms with E-state index in [1.54, 1.807) is 4.90 Å². The summed E-state index contributed by atoms with van der Waals surface area (Å²) in [6, 6.07) is -0.141. The first kappa shape index (κ1) is 14.8. The van der Waals surface area contributed by atoms with Gasteiger partial charge in [-0.05, 0) is 31.6 Å². The molecular weight excluding hydrogens is 232 g/mol. The molecule has 0 atom stereocenters. The number of carbonyl (C=O) groups excluding carboxylic acids is 1. The SMILES string of the molecule is CCN(CC(=O)O)C(=O)N1CCCC(C)(C)CC1. The summed E-state index contributed by atoms with van der Waals surface area (Å²) < 4.78 is 0. The summed E-state index contributed by atoms with van der Waals surface area (Å²) >= 11 is 0. The van der Waals surface area contributed by atoms with Gasteiger partial charge in [-0.3, -0.25) is 4.79 Å². The van der Waals surface area contributed by atoms with Crippen LogP contribution in [0.5, 0.6) is 0 Å². The Morgan fingerprint density at radius 3 is 2.50 bits per heavy atom. The van der Waals surface area contributed by atoms with Gasteiger partial charge in [-0.2, -0.15) is 0 Å². The largest absolute Gasteiger partial charge is 0.480 e. The molecule has 1 rings (SSSR count). The van der Waals surface area contributed by atoms with Crippen LogP contribution >= 0.6 is 0 Å². The molecule has 5 nitrogen and oxygen atoms in total. The molecule has 1 aliphatic rings. The van der Waals surface area contributed by atoms with Crippen LogP contribution in [0.1, 0.15) is 40.0 Å². The fourth-order valence-corrected chi connectivity index (χ4v) is 2.29. The highest BCUT2D eigenvalue weighted by atomic mass is 16.4. The van der Waals surface area contributed by atoms with Crippen LogP contribution < -0.4 is 0 Å². The maximum Gasteiger partial charge on any atom is 0.323 e. The molecule has 0 aliphatic carbocycles. The van der Waals surface area contributed by atoms with E-state index in [0.717, 1.165) is 32.4 Å². The van der Waals surface area contributed by atoms with Crippen LogP contribution in [0, 0.1) is 5.41 Å². The molecule has 1 N–H and O–H groups in total. The highest BCUT2D eigenvalue weighted by Crippen LogP contribution is 2.29. The number of rotatable bonds is 3. The lowest BCUT2D eigenvalue weighted by atomic mass is 9.85. The minimum atomic E-state index is -0.958. The summed E-state index contributed by atoms with van der Waals surface area (Å²) in [6.45, 7) is 7.93. The number of nitrogens with zero attached hydrogens (tertiary/aromatic N) is 2. The summed E-state index contributed by atoms with van der Waals surface area (Å²) in [5.74, 6) is -0.958. The topological polar surface area (TPSA) is 60.9 Å². The van der Waals surface area contributed by atoms with Gasteiger partial charge < -0.3 is 14.9 Å². The number of amides is 2. The van der Waals surface area contributed by atoms with Crippen molar-refractivity contribution in [1.29, 1.82) is 0 Å². The van der Waals surface area contributed by atoms with Gasteiger partial charge in [-0.15, -0.1) is 0 Å². The number of carbonyl (C=O) groups is 2. The van der Waals surface area contributed by atoms with Gasteiger partial charge in [0, 0.05) is 19.6 Å². The van der Waals surface area contributed by atoms with Gasteiger partial charge in [0.25, 0.3) is 0 Å². The number of hydrogen-bond acceptors (Lipinski definition) is 2. The lowest BCUT2D eigenvalue weighted by Crippen LogP contribution is -2.45. The van der Waals surface area contributed by atoms with Crippen molar-refractivity contribution >= 4 is 12.0 Å². The second kappa shape index (κ2) is 6.07. The molecule has 1 saturated heterocycles. The van der Waals surface area contributed by atoms with Crippen molar-refractivity contribution in [3.63, 3.8) is 0 Å². The molecule has 0 aromatic carbocycles. The predicted molar refractivity (Wildman–Crippen MR) is 69.5 cm³/mol. The predicted octanol–water partition coefficient (Wildman–Crippen LogP) is 2.02. The summed E-state index contributed by atoms with van der Waals surface area (Å²) in [7, 11) is 0. The van der Waals surface area contributed by atoms with Crippen molar-refractivity contribution in [2.45, 2.75) is 40.0 Å². The average molecular weight is 256 g/mol. The van der Waals surface area contributed by atoms with E-state index >= 15 is 0 Å². The van der Waals surface area contributed by atoms with Crippen LogP contribution in [0.3, 0.4) is 0 Å². The van der Waals surface area contributed by atoms with Crippen molar-refractivity contribution in [3.8, 4) is 0 Å². The number of likely N-dealkylation sites (tertiary alicyclic amines) is 1. The maximum absolute atomic E-state index is 12.2. The molecule has 0 spiro atoms. The second-order valence-electron chi connectivity index (χ2n) is 5.70. The molecule has 0 aromatic rings. The number of carboxylic acid groups (broad SMARTS) is 1. The smallest absolute Gasteiger partial charge is 0.323 e. The first-order chi connectivity index (χ1) is 8.35. The second-order valence-corrected chi connectivity index (χ2v) is 5.70. The molecule has 0 aromatic heterocycles. The molecule has 0 unspecified atom stereocenters. The summed E-state index contributed by atoms with van der Waals surface area (Å²) in [6.07, 6.45) is 3.08. The molecule has 5 heteroatoms. The van der Waals surface area contributed by atoms with E-state index < -0.39 is 5.97 Å². The highest BCUT2D eigenvalue weighted by molar-refractivity contribution is 5.80. The van der Waals surface area contributed by atoms with E-state index in [4.69, 9.17) is 5.11 Å². The molecule has 0 bridgehead atoms. The highest BCUT2D eigenvalue weighted by Gasteiger charge is 2.27. The number of aliphatic carboxylic acids is 1. The monoisotopic (exact) mass is 256 g/mol. The fourth-order valence-electron chi connectivity index (χ4n) is 2.29. The molecule has 1 aliphatic heterocycles. The third-order valence-corrected chi connectivity index (χ3v) is 3.59. The van der Waals surface area contributed by atoms with E-state index in [9.17, 15) is 9.59 Å². The lowest BCUT2D eigenvalue weighted by molar-refractivity contribution is -0.137. The summed E-state index contributed by atoms with van der Waals surface area (Å²) in [4.78, 5) is 26.1. The van der Waals surface area contributed by atoms with Crippen molar-refractivity contribution < 1.29 is 14.7 Å². The van der Waals surface area contributed by atoms with Crippen molar-refractivity contribution in [3.05, 3.63) is 0 Å². The van der Waals surface area contributed by atoms with Gasteiger partial charge in [0.1, 0.15) is 6.54 Å². The first-order valence-corrected chi connectivity index (χ1v) is 6.61. The van der Waals surface area contributed by atoms with Crippen molar-refractivity contribution in [2.75, 3.05) is 26.2 Å². The van der Waals surface area contributed by atoms with E-state index in [-0.39, 0.29) is 18.0 Å². The van der Waals surface area contributed by atoms with Crippen LogP contribution in [0.4, 0.5) is 4.79 Å². The van der Waals surface area contributed by atoms with Crippen LogP contribution in [0.2, 0.25) is 0 Å². The van der Waals surface area contributed by atoms with E-state index in [2.05, 4.69) is 13.8 Å². The lowest BCUT2D eigenvalue weighted by Gasteiger charge is -2.28. The van der Waals surface area contributed by atoms with Gasteiger partial charge in [0.05, 0.1) is 0 Å². The van der Waals surface area contributed by atoms with E-state index in [1.807, 2.05) is 6.92 Å². The molecule has 18 heavy (non-hydrogen) atoms. The zero-order valence-corrected chi connectivity index (χ0v) is 11.6. The van der Waals surface area contributed by atoms with Gasteiger partial charge in [0.2, 0.25) is 0 Å². The normalized spacial score (nSPS) is 19.2. The van der Waals surface area contributed by atoms with Crippen LogP contribution in [0.25, 0.3) is 0 Å². The molecule has 104 valence electrons. The summed E-state index contributed by atoms with van der Waals surface area (Å²) in [5.41, 5.74) is 0.277. The van der Waals surface area contributed by atoms with Crippen LogP contribution in [-0.4, -0.2) is 53.1 Å². The van der Waals surface area contributed by atoms with Crippen molar-refractivity contribution in [1.82, 2.24) is 9.80 Å². The number of carboxylic acids is 1. The Balaban J connectivity index is 2.62. The Hall–Kier alpha value is -1.26. The van der Waals surface area contributed by atoms with Gasteiger partial charge in [0.15, 0.2) is 0 Å². The quantitative estimate of drug-likeness (QED) is 0.840. The minimum Gasteiger partial charge on any atom is -0.480 e. The van der Waals surface area contributed by atoms with Gasteiger partial charge in [-0.1, -0.05) is 13.8 Å². The van der Waals surface area contributed by atoms with Crippen molar-refractivity contribution in [2.24, 2.45) is 5.41 Å². The summed E-state index contributed by atoms with van der Waals surface area (Å²) in [5, 5.41) is 8.79. The van der Waals surface area contributed by atoms with Gasteiger partial charge in [-0.25, -0.2) is 4.79 Å². The molecule has 0 radical (unpaired) electrons. The number of hydrogen-bond donors (Lipinski definition) is 1. The Bertz CT molecular complexity index is 315. The molecule has 2 amide bonds. The van der Waals surface area contributed by atoms with Crippen LogP contribution in [0.15, 0.2) is 0 Å². The fraction of sp³-hybridized carbons (Fsp3) is 0.846. The number of likely N-dealkylation sites (N-methyl/N-ethyl adjacent to an activating group) is 1. The molecule has 1 fully saturated rings. The Labute approximate surface area is 109 Å². The number of urea groups is 1. The van der Waals surface area contributed by atoms with E-state index in [1.165, 1.54) is 4.90 Å². The van der Waals surface area contributed by atoms with E-state index in [0.29, 0.717) is 6.54 Å². The third-order valence-electron chi connectivity index (χ3n) is 3.59. The Kier molecular flexibility index (Phi) is 4.99. The zero-order valence-electron chi connectivity index (χ0n) is 11.6. The molecular formula is C13H24N2O3. The third kappa shape index (κ3) is 4.20. The van der Waals surface area contributed by atoms with Crippen LogP contribution in [-0.2, 0) is 4.79 Å². The Morgan fingerprint density at radius 1 is 1.28 bits per heavy atom. The molecule has 1 heterocycles.